The third-order valence-corrected chi connectivity index (χ3v) is 13.6. The minimum atomic E-state index is 0.748. The van der Waals surface area contributed by atoms with Crippen LogP contribution in [0.25, 0.3) is 96.8 Å². The normalized spacial score (nSPS) is 13.8. The Labute approximate surface area is 345 Å². The smallest absolute Gasteiger partial charge is 0.136 e. The van der Waals surface area contributed by atoms with E-state index < -0.39 is 0 Å². The topological polar surface area (TPSA) is 25.5 Å². The molecule has 59 heavy (non-hydrogen) atoms. The summed E-state index contributed by atoms with van der Waals surface area (Å²) >= 11 is 1.85. The number of furan rings is 1. The molecule has 278 valence electrons. The first kappa shape index (κ1) is 34.0. The van der Waals surface area contributed by atoms with Gasteiger partial charge in [-0.2, -0.15) is 0 Å². The van der Waals surface area contributed by atoms with E-state index >= 15 is 0 Å². The molecular formula is C56H37NOS. The Morgan fingerprint density at radius 3 is 1.73 bits per heavy atom. The molecule has 2 aromatic heterocycles. The molecule has 0 unspecified atom stereocenters. The van der Waals surface area contributed by atoms with Crippen LogP contribution in [-0.4, -0.2) is 5.71 Å². The SMILES string of the molecule is CC1=C(c2ccc3c4ccccc4c4ccccc4c3c2)N=C(c2ccccc2)C(C)=C(c2cccc3oc4cccc(-c5ccc6sc7ccccc7c6c5)c4c23)C1. The van der Waals surface area contributed by atoms with E-state index in [2.05, 4.69) is 190 Å². The average Bonchev–Trinajstić information content (AvgIpc) is 3.83. The number of benzene rings is 9. The van der Waals surface area contributed by atoms with E-state index in [1.54, 1.807) is 0 Å². The molecule has 3 heteroatoms. The van der Waals surface area contributed by atoms with Gasteiger partial charge in [-0.15, -0.1) is 11.3 Å². The Morgan fingerprint density at radius 2 is 1.00 bits per heavy atom. The molecule has 1 aliphatic heterocycles. The molecule has 0 saturated heterocycles. The van der Waals surface area contributed by atoms with E-state index in [1.165, 1.54) is 85.9 Å². The predicted molar refractivity (Wildman–Crippen MR) is 254 cm³/mol. The van der Waals surface area contributed by atoms with Crippen LogP contribution in [0, 0.1) is 0 Å². The summed E-state index contributed by atoms with van der Waals surface area (Å²) < 4.78 is 9.35. The number of nitrogens with zero attached hydrogens (tertiary/aromatic N) is 1. The van der Waals surface area contributed by atoms with Crippen molar-refractivity contribution < 1.29 is 4.42 Å². The zero-order valence-electron chi connectivity index (χ0n) is 32.7. The van der Waals surface area contributed by atoms with Crippen molar-refractivity contribution in [3.8, 4) is 11.1 Å². The number of fused-ring (bicyclic) bond motifs is 12. The van der Waals surface area contributed by atoms with Crippen molar-refractivity contribution in [2.75, 3.05) is 0 Å². The highest BCUT2D eigenvalue weighted by atomic mass is 32.1. The third-order valence-electron chi connectivity index (χ3n) is 12.5. The zero-order valence-corrected chi connectivity index (χ0v) is 33.5. The van der Waals surface area contributed by atoms with Gasteiger partial charge in [-0.1, -0.05) is 140 Å². The monoisotopic (exact) mass is 771 g/mol. The quantitative estimate of drug-likeness (QED) is 0.164. The lowest BCUT2D eigenvalue weighted by Gasteiger charge is -2.15. The standard InChI is InChI=1S/C56H37NOS/c1-33-30-46(45-22-13-24-50-54(45)53-38(21-12-23-49(53)58-50)36-27-29-52-48(31-36)44-20-10-11-25-51(44)59-52)34(2)56(35-14-4-3-5-15-35)57-55(33)37-26-28-43-41-18-7-6-16-39(41)40-17-8-9-19-42(40)47(43)32-37/h3-29,31-32H,30H2,1-2H3. The predicted octanol–water partition coefficient (Wildman–Crippen LogP) is 16.2. The van der Waals surface area contributed by atoms with Gasteiger partial charge in [0.25, 0.3) is 0 Å². The Bertz CT molecular complexity index is 3620. The molecule has 0 aliphatic carbocycles. The molecule has 0 fully saturated rings. The first-order chi connectivity index (χ1) is 29.1. The maximum absolute atomic E-state index is 6.73. The Kier molecular flexibility index (Phi) is 7.63. The first-order valence-electron chi connectivity index (χ1n) is 20.3. The molecule has 0 saturated carbocycles. The van der Waals surface area contributed by atoms with Gasteiger partial charge < -0.3 is 4.42 Å². The van der Waals surface area contributed by atoms with Gasteiger partial charge in [0.05, 0.1) is 11.4 Å². The summed E-state index contributed by atoms with van der Waals surface area (Å²) in [5, 5.41) is 12.5. The van der Waals surface area contributed by atoms with Gasteiger partial charge in [0.2, 0.25) is 0 Å². The van der Waals surface area contributed by atoms with Crippen molar-refractivity contribution in [2.45, 2.75) is 20.3 Å². The minimum absolute atomic E-state index is 0.748. The van der Waals surface area contributed by atoms with Gasteiger partial charge in [-0.25, -0.2) is 4.99 Å². The summed E-state index contributed by atoms with van der Waals surface area (Å²) in [5.41, 5.74) is 13.3. The fourth-order valence-corrected chi connectivity index (χ4v) is 10.8. The highest BCUT2D eigenvalue weighted by Crippen LogP contribution is 2.46. The van der Waals surface area contributed by atoms with Crippen LogP contribution in [0.5, 0.6) is 0 Å². The fraction of sp³-hybridized carbons (Fsp3) is 0.0536. The summed E-state index contributed by atoms with van der Waals surface area (Å²) in [5.74, 6) is 0. The van der Waals surface area contributed by atoms with Crippen molar-refractivity contribution in [3.63, 3.8) is 0 Å². The first-order valence-corrected chi connectivity index (χ1v) is 21.1. The summed E-state index contributed by atoms with van der Waals surface area (Å²) in [6, 6.07) is 63.9. The van der Waals surface area contributed by atoms with Crippen LogP contribution in [0.15, 0.2) is 196 Å². The van der Waals surface area contributed by atoms with Crippen LogP contribution in [0.4, 0.5) is 0 Å². The van der Waals surface area contributed by atoms with Crippen LogP contribution >= 0.6 is 11.3 Å². The van der Waals surface area contributed by atoms with E-state index in [0.29, 0.717) is 0 Å². The maximum atomic E-state index is 6.73. The van der Waals surface area contributed by atoms with Crippen molar-refractivity contribution in [3.05, 3.63) is 204 Å². The average molecular weight is 772 g/mol. The minimum Gasteiger partial charge on any atom is -0.456 e. The second-order valence-corrected chi connectivity index (χ2v) is 16.9. The number of aliphatic imine (C=N–C) groups is 1. The molecule has 1 aliphatic rings. The number of hydrogen-bond donors (Lipinski definition) is 0. The van der Waals surface area contributed by atoms with Crippen LogP contribution in [0.3, 0.4) is 0 Å². The molecule has 11 aromatic rings. The summed E-state index contributed by atoms with van der Waals surface area (Å²) in [6.07, 6.45) is 0.748. The van der Waals surface area contributed by atoms with Crippen molar-refractivity contribution in [1.82, 2.24) is 0 Å². The highest BCUT2D eigenvalue weighted by Gasteiger charge is 2.25. The van der Waals surface area contributed by atoms with Crippen molar-refractivity contribution in [1.29, 1.82) is 0 Å². The lowest BCUT2D eigenvalue weighted by atomic mass is 9.87. The summed E-state index contributed by atoms with van der Waals surface area (Å²) in [6.45, 7) is 4.53. The van der Waals surface area contributed by atoms with Gasteiger partial charge in [0, 0.05) is 42.1 Å². The molecule has 0 amide bonds. The Balaban J connectivity index is 1.08. The molecule has 0 atom stereocenters. The second-order valence-electron chi connectivity index (χ2n) is 15.9. The second kappa shape index (κ2) is 13.2. The molecule has 12 rings (SSSR count). The largest absolute Gasteiger partial charge is 0.456 e. The molecule has 0 bridgehead atoms. The molecule has 0 radical (unpaired) electrons. The maximum Gasteiger partial charge on any atom is 0.136 e. The van der Waals surface area contributed by atoms with Crippen LogP contribution in [0.2, 0.25) is 0 Å². The molecule has 0 N–H and O–H groups in total. The van der Waals surface area contributed by atoms with Crippen LogP contribution < -0.4 is 0 Å². The van der Waals surface area contributed by atoms with Crippen LogP contribution in [0.1, 0.15) is 37.0 Å². The van der Waals surface area contributed by atoms with E-state index in [0.717, 1.165) is 50.9 Å². The van der Waals surface area contributed by atoms with Crippen molar-refractivity contribution >= 4 is 103 Å². The highest BCUT2D eigenvalue weighted by molar-refractivity contribution is 7.25. The van der Waals surface area contributed by atoms with Gasteiger partial charge in [-0.3, -0.25) is 0 Å². The number of hydrogen-bond acceptors (Lipinski definition) is 3. The van der Waals surface area contributed by atoms with Gasteiger partial charge >= 0.3 is 0 Å². The molecule has 9 aromatic carbocycles. The summed E-state index contributed by atoms with van der Waals surface area (Å²) in [7, 11) is 0. The Hall–Kier alpha value is -7.07. The summed E-state index contributed by atoms with van der Waals surface area (Å²) in [4.78, 5) is 5.66. The van der Waals surface area contributed by atoms with E-state index in [4.69, 9.17) is 9.41 Å². The molecular weight excluding hydrogens is 735 g/mol. The van der Waals surface area contributed by atoms with Gasteiger partial charge in [0.1, 0.15) is 11.2 Å². The fourth-order valence-electron chi connectivity index (χ4n) is 9.71. The third kappa shape index (κ3) is 5.28. The zero-order chi connectivity index (χ0) is 39.2. The molecule has 0 spiro atoms. The number of thiophene rings is 1. The van der Waals surface area contributed by atoms with Crippen LogP contribution in [-0.2, 0) is 0 Å². The Morgan fingerprint density at radius 1 is 0.441 bits per heavy atom. The lowest BCUT2D eigenvalue weighted by molar-refractivity contribution is 0.669. The van der Waals surface area contributed by atoms with Crippen molar-refractivity contribution in [2.24, 2.45) is 4.99 Å². The number of allylic oxidation sites excluding steroid dienone is 3. The van der Waals surface area contributed by atoms with E-state index in [9.17, 15) is 0 Å². The lowest BCUT2D eigenvalue weighted by Crippen LogP contribution is -2.05. The molecule has 2 nitrogen and oxygen atoms in total. The van der Waals surface area contributed by atoms with E-state index in [1.807, 2.05) is 11.3 Å². The van der Waals surface area contributed by atoms with Gasteiger partial charge in [-0.05, 0) is 122 Å². The van der Waals surface area contributed by atoms with E-state index in [-0.39, 0.29) is 0 Å². The number of rotatable bonds is 4. The molecule has 3 heterocycles. The van der Waals surface area contributed by atoms with Gasteiger partial charge in [0.15, 0.2) is 0 Å².